The largest absolute Gasteiger partial charge is 0.369 e. The number of nitrogens with one attached hydrogen (secondary N) is 2. The topological polar surface area (TPSA) is 96.7 Å². The molecule has 3 aromatic rings. The molecule has 2 aromatic heterocycles. The van der Waals surface area contributed by atoms with Gasteiger partial charge in [0.05, 0.1) is 16.6 Å². The number of H-pyrrole nitrogens is 1. The Morgan fingerprint density at radius 3 is 2.91 bits per heavy atom. The minimum atomic E-state index is -0.529. The summed E-state index contributed by atoms with van der Waals surface area (Å²) in [5, 5.41) is 3.09. The molecule has 2 heterocycles. The number of imidazole rings is 1. The first-order valence-electron chi connectivity index (χ1n) is 7.18. The van der Waals surface area contributed by atoms with E-state index in [2.05, 4.69) is 20.3 Å². The molecule has 0 radical (unpaired) electrons. The number of amides is 1. The summed E-state index contributed by atoms with van der Waals surface area (Å²) >= 11 is 0. The number of primary amides is 1. The molecule has 6 nitrogen and oxygen atoms in total. The molecule has 0 spiro atoms. The van der Waals surface area contributed by atoms with E-state index in [-0.39, 0.29) is 5.82 Å². The Hall–Kier alpha value is -2.96. The second kappa shape index (κ2) is 6.04. The van der Waals surface area contributed by atoms with Gasteiger partial charge in [-0.3, -0.25) is 4.79 Å². The molecule has 0 unspecified atom stereocenters. The normalized spacial score (nSPS) is 10.9. The van der Waals surface area contributed by atoms with E-state index in [1.807, 2.05) is 6.92 Å². The number of halogens is 1. The third-order valence-corrected chi connectivity index (χ3v) is 3.45. The molecule has 0 saturated carbocycles. The molecule has 0 atom stereocenters. The van der Waals surface area contributed by atoms with E-state index in [0.29, 0.717) is 35.4 Å². The molecule has 0 bridgehead atoms. The number of hydrogen-bond acceptors (Lipinski definition) is 4. The van der Waals surface area contributed by atoms with E-state index >= 15 is 0 Å². The number of fused-ring (bicyclic) bond motifs is 1. The molecule has 0 aliphatic carbocycles. The highest BCUT2D eigenvalue weighted by molar-refractivity contribution is 5.97. The van der Waals surface area contributed by atoms with E-state index in [0.717, 1.165) is 11.5 Å². The van der Waals surface area contributed by atoms with Crippen molar-refractivity contribution in [1.29, 1.82) is 0 Å². The van der Waals surface area contributed by atoms with Crippen LogP contribution in [0.5, 0.6) is 0 Å². The number of carbonyl (C=O) groups is 1. The Balaban J connectivity index is 1.71. The van der Waals surface area contributed by atoms with Crippen molar-refractivity contribution in [2.45, 2.75) is 13.3 Å². The average molecular weight is 313 g/mol. The van der Waals surface area contributed by atoms with Crippen molar-refractivity contribution >= 4 is 22.8 Å². The maximum Gasteiger partial charge on any atom is 0.252 e. The van der Waals surface area contributed by atoms with Crippen molar-refractivity contribution in [3.05, 3.63) is 53.2 Å². The standard InChI is InChI=1S/C16H16FN5O/c1-9-2-4-11(15(18)23)16(20-9)19-7-6-14-21-12-5-3-10(17)8-13(12)22-14/h2-5,8H,6-7H2,1H3,(H2,18,23)(H,19,20)(H,21,22). The van der Waals surface area contributed by atoms with Crippen molar-refractivity contribution in [1.82, 2.24) is 15.0 Å². The van der Waals surface area contributed by atoms with Gasteiger partial charge in [0.1, 0.15) is 17.5 Å². The molecule has 23 heavy (non-hydrogen) atoms. The van der Waals surface area contributed by atoms with Gasteiger partial charge in [0.15, 0.2) is 0 Å². The lowest BCUT2D eigenvalue weighted by atomic mass is 10.2. The molecule has 0 aliphatic heterocycles. The van der Waals surface area contributed by atoms with Crippen molar-refractivity contribution in [2.75, 3.05) is 11.9 Å². The quantitative estimate of drug-likeness (QED) is 0.672. The van der Waals surface area contributed by atoms with Crippen LogP contribution >= 0.6 is 0 Å². The van der Waals surface area contributed by atoms with Crippen LogP contribution in [0.3, 0.4) is 0 Å². The van der Waals surface area contributed by atoms with E-state index < -0.39 is 5.91 Å². The number of hydrogen-bond donors (Lipinski definition) is 3. The lowest BCUT2D eigenvalue weighted by Crippen LogP contribution is -2.17. The zero-order chi connectivity index (χ0) is 16.4. The van der Waals surface area contributed by atoms with Gasteiger partial charge in [-0.25, -0.2) is 14.4 Å². The minimum Gasteiger partial charge on any atom is -0.369 e. The van der Waals surface area contributed by atoms with Crippen LogP contribution < -0.4 is 11.1 Å². The Morgan fingerprint density at radius 2 is 2.13 bits per heavy atom. The number of aryl methyl sites for hydroxylation is 1. The zero-order valence-electron chi connectivity index (χ0n) is 12.6. The van der Waals surface area contributed by atoms with Gasteiger partial charge >= 0.3 is 0 Å². The van der Waals surface area contributed by atoms with Crippen LogP contribution in [0.1, 0.15) is 21.9 Å². The SMILES string of the molecule is Cc1ccc(C(N)=O)c(NCCc2nc3ccc(F)cc3[nH]2)n1. The Kier molecular flexibility index (Phi) is 3.92. The van der Waals surface area contributed by atoms with Gasteiger partial charge in [-0.2, -0.15) is 0 Å². The molecule has 3 rings (SSSR count). The van der Waals surface area contributed by atoms with Gasteiger partial charge < -0.3 is 16.0 Å². The zero-order valence-corrected chi connectivity index (χ0v) is 12.6. The van der Waals surface area contributed by atoms with Crippen LogP contribution in [0.25, 0.3) is 11.0 Å². The second-order valence-electron chi connectivity index (χ2n) is 5.23. The molecule has 4 N–H and O–H groups in total. The monoisotopic (exact) mass is 313 g/mol. The molecule has 1 aromatic carbocycles. The summed E-state index contributed by atoms with van der Waals surface area (Å²) < 4.78 is 13.2. The first-order valence-corrected chi connectivity index (χ1v) is 7.18. The highest BCUT2D eigenvalue weighted by atomic mass is 19.1. The summed E-state index contributed by atoms with van der Waals surface area (Å²) in [4.78, 5) is 23.1. The fourth-order valence-electron chi connectivity index (χ4n) is 2.34. The van der Waals surface area contributed by atoms with Crippen molar-refractivity contribution in [3.8, 4) is 0 Å². The van der Waals surface area contributed by atoms with Crippen LogP contribution in [0.15, 0.2) is 30.3 Å². The van der Waals surface area contributed by atoms with Gasteiger partial charge in [-0.1, -0.05) is 0 Å². The van der Waals surface area contributed by atoms with Crippen molar-refractivity contribution < 1.29 is 9.18 Å². The van der Waals surface area contributed by atoms with Gasteiger partial charge in [0.25, 0.3) is 5.91 Å². The number of pyridine rings is 1. The van der Waals surface area contributed by atoms with Crippen molar-refractivity contribution in [2.24, 2.45) is 5.73 Å². The minimum absolute atomic E-state index is 0.305. The number of benzene rings is 1. The third-order valence-electron chi connectivity index (χ3n) is 3.45. The number of carbonyl (C=O) groups excluding carboxylic acids is 1. The smallest absolute Gasteiger partial charge is 0.252 e. The lowest BCUT2D eigenvalue weighted by Gasteiger charge is -2.09. The fraction of sp³-hybridized carbons (Fsp3) is 0.188. The van der Waals surface area contributed by atoms with E-state index in [9.17, 15) is 9.18 Å². The Morgan fingerprint density at radius 1 is 1.30 bits per heavy atom. The predicted octanol–water partition coefficient (Wildman–Crippen LogP) is 2.16. The Bertz CT molecular complexity index is 874. The number of nitrogens with two attached hydrogens (primary N) is 1. The molecular formula is C16H16FN5O. The average Bonchev–Trinajstić information content (AvgIpc) is 2.88. The first-order chi connectivity index (χ1) is 11.0. The van der Waals surface area contributed by atoms with E-state index in [1.165, 1.54) is 12.1 Å². The van der Waals surface area contributed by atoms with Crippen LogP contribution in [-0.2, 0) is 6.42 Å². The maximum atomic E-state index is 13.2. The number of aromatic amines is 1. The molecule has 7 heteroatoms. The van der Waals surface area contributed by atoms with Gasteiger partial charge in [-0.05, 0) is 37.3 Å². The summed E-state index contributed by atoms with van der Waals surface area (Å²) in [6, 6.07) is 7.80. The maximum absolute atomic E-state index is 13.2. The van der Waals surface area contributed by atoms with Crippen molar-refractivity contribution in [3.63, 3.8) is 0 Å². The Labute approximate surface area is 131 Å². The summed E-state index contributed by atoms with van der Waals surface area (Å²) in [5.41, 5.74) is 7.85. The molecule has 1 amide bonds. The summed E-state index contributed by atoms with van der Waals surface area (Å²) in [5.74, 6) is 0.353. The number of nitrogens with zero attached hydrogens (tertiary/aromatic N) is 2. The van der Waals surface area contributed by atoms with Crippen LogP contribution in [-0.4, -0.2) is 27.4 Å². The number of aromatic nitrogens is 3. The highest BCUT2D eigenvalue weighted by Gasteiger charge is 2.10. The fourth-order valence-corrected chi connectivity index (χ4v) is 2.34. The lowest BCUT2D eigenvalue weighted by molar-refractivity contribution is 0.100. The predicted molar refractivity (Wildman–Crippen MR) is 85.7 cm³/mol. The van der Waals surface area contributed by atoms with Crippen LogP contribution in [0, 0.1) is 12.7 Å². The molecule has 0 saturated heterocycles. The van der Waals surface area contributed by atoms with Crippen LogP contribution in [0.2, 0.25) is 0 Å². The molecule has 118 valence electrons. The summed E-state index contributed by atoms with van der Waals surface area (Å²) in [6.45, 7) is 2.35. The van der Waals surface area contributed by atoms with Gasteiger partial charge in [-0.15, -0.1) is 0 Å². The molecule has 0 aliphatic rings. The first kappa shape index (κ1) is 15.0. The van der Waals surface area contributed by atoms with Gasteiger partial charge in [0.2, 0.25) is 0 Å². The van der Waals surface area contributed by atoms with E-state index in [4.69, 9.17) is 5.73 Å². The second-order valence-corrected chi connectivity index (χ2v) is 5.23. The summed E-state index contributed by atoms with van der Waals surface area (Å²) in [7, 11) is 0. The number of anilines is 1. The van der Waals surface area contributed by atoms with Crippen LogP contribution in [0.4, 0.5) is 10.2 Å². The van der Waals surface area contributed by atoms with Gasteiger partial charge in [0, 0.05) is 18.7 Å². The molecule has 0 fully saturated rings. The summed E-state index contributed by atoms with van der Waals surface area (Å²) in [6.07, 6.45) is 0.574. The molecular weight excluding hydrogens is 297 g/mol. The third kappa shape index (κ3) is 3.28. The van der Waals surface area contributed by atoms with E-state index in [1.54, 1.807) is 18.2 Å². The highest BCUT2D eigenvalue weighted by Crippen LogP contribution is 2.15. The number of rotatable bonds is 5.